The molecule has 1 aromatic heterocycles. The lowest BCUT2D eigenvalue weighted by molar-refractivity contribution is 0.415. The van der Waals surface area contributed by atoms with Crippen molar-refractivity contribution < 1.29 is 4.74 Å². The minimum absolute atomic E-state index is 0.368. The van der Waals surface area contributed by atoms with Gasteiger partial charge in [-0.1, -0.05) is 12.2 Å². The SMILES string of the molecule is COc1ccc(C(N)=S)c(NCCn2ccnc2)c1. The molecule has 0 spiro atoms. The monoisotopic (exact) mass is 276 g/mol. The third-order valence-electron chi connectivity index (χ3n) is 2.74. The first-order valence-corrected chi connectivity index (χ1v) is 6.29. The van der Waals surface area contributed by atoms with E-state index in [-0.39, 0.29) is 0 Å². The molecule has 0 amide bonds. The Kier molecular flexibility index (Phi) is 4.35. The van der Waals surface area contributed by atoms with Crippen LogP contribution in [0.3, 0.4) is 0 Å². The number of imidazole rings is 1. The Balaban J connectivity index is 2.06. The van der Waals surface area contributed by atoms with Gasteiger partial charge < -0.3 is 20.4 Å². The van der Waals surface area contributed by atoms with Crippen LogP contribution in [0.2, 0.25) is 0 Å². The van der Waals surface area contributed by atoms with Crippen molar-refractivity contribution in [3.8, 4) is 5.75 Å². The highest BCUT2D eigenvalue weighted by molar-refractivity contribution is 7.80. The number of nitrogens with two attached hydrogens (primary N) is 1. The molecule has 5 nitrogen and oxygen atoms in total. The topological polar surface area (TPSA) is 65.1 Å². The highest BCUT2D eigenvalue weighted by Gasteiger charge is 2.06. The molecule has 0 saturated carbocycles. The Morgan fingerprint density at radius 1 is 1.53 bits per heavy atom. The molecule has 0 aliphatic rings. The fourth-order valence-corrected chi connectivity index (χ4v) is 1.93. The van der Waals surface area contributed by atoms with Crippen molar-refractivity contribution in [1.29, 1.82) is 0 Å². The molecule has 0 fully saturated rings. The van der Waals surface area contributed by atoms with E-state index >= 15 is 0 Å². The number of anilines is 1. The van der Waals surface area contributed by atoms with Crippen LogP contribution in [0.15, 0.2) is 36.9 Å². The number of ether oxygens (including phenoxy) is 1. The summed E-state index contributed by atoms with van der Waals surface area (Å²) >= 11 is 5.04. The molecule has 2 aromatic rings. The number of methoxy groups -OCH3 is 1. The molecule has 100 valence electrons. The average Bonchev–Trinajstić information content (AvgIpc) is 2.91. The zero-order valence-corrected chi connectivity index (χ0v) is 11.5. The van der Waals surface area contributed by atoms with Crippen LogP contribution in [0, 0.1) is 0 Å². The summed E-state index contributed by atoms with van der Waals surface area (Å²) in [5.41, 5.74) is 7.41. The van der Waals surface area contributed by atoms with Crippen LogP contribution in [0.25, 0.3) is 0 Å². The molecular formula is C13H16N4OS. The first kappa shape index (κ1) is 13.4. The van der Waals surface area contributed by atoms with Crippen LogP contribution in [-0.2, 0) is 6.54 Å². The molecule has 2 rings (SSSR count). The Bertz CT molecular complexity index is 554. The van der Waals surface area contributed by atoms with Crippen LogP contribution < -0.4 is 15.8 Å². The number of rotatable bonds is 6. The van der Waals surface area contributed by atoms with E-state index < -0.39 is 0 Å². The van der Waals surface area contributed by atoms with E-state index in [4.69, 9.17) is 22.7 Å². The summed E-state index contributed by atoms with van der Waals surface area (Å²) in [6.07, 6.45) is 5.45. The Labute approximate surface area is 117 Å². The van der Waals surface area contributed by atoms with E-state index in [1.807, 2.05) is 29.0 Å². The number of hydrogen-bond acceptors (Lipinski definition) is 4. The third kappa shape index (κ3) is 3.45. The van der Waals surface area contributed by atoms with Crippen molar-refractivity contribution in [2.45, 2.75) is 6.54 Å². The van der Waals surface area contributed by atoms with Crippen LogP contribution in [-0.4, -0.2) is 28.2 Å². The molecule has 1 heterocycles. The lowest BCUT2D eigenvalue weighted by Gasteiger charge is -2.13. The number of nitrogens with zero attached hydrogens (tertiary/aromatic N) is 2. The second kappa shape index (κ2) is 6.19. The third-order valence-corrected chi connectivity index (χ3v) is 2.96. The Morgan fingerprint density at radius 2 is 2.37 bits per heavy atom. The van der Waals surface area contributed by atoms with Gasteiger partial charge in [-0.25, -0.2) is 4.98 Å². The van der Waals surface area contributed by atoms with E-state index in [2.05, 4.69) is 10.3 Å². The quantitative estimate of drug-likeness (QED) is 0.785. The molecule has 0 bridgehead atoms. The molecule has 0 saturated heterocycles. The summed E-state index contributed by atoms with van der Waals surface area (Å²) in [5.74, 6) is 0.769. The number of nitrogens with one attached hydrogen (secondary N) is 1. The van der Waals surface area contributed by atoms with Crippen molar-refractivity contribution >= 4 is 22.9 Å². The van der Waals surface area contributed by atoms with Crippen molar-refractivity contribution in [3.05, 3.63) is 42.5 Å². The van der Waals surface area contributed by atoms with Crippen molar-refractivity contribution in [2.75, 3.05) is 19.0 Å². The molecule has 0 unspecified atom stereocenters. The van der Waals surface area contributed by atoms with Gasteiger partial charge in [-0.15, -0.1) is 0 Å². The molecule has 6 heteroatoms. The van der Waals surface area contributed by atoms with Gasteiger partial charge in [0.15, 0.2) is 0 Å². The fraction of sp³-hybridized carbons (Fsp3) is 0.231. The lowest BCUT2D eigenvalue weighted by atomic mass is 10.1. The summed E-state index contributed by atoms with van der Waals surface area (Å²) < 4.78 is 7.20. The predicted octanol–water partition coefficient (Wildman–Crippen LogP) is 1.64. The highest BCUT2D eigenvalue weighted by atomic mass is 32.1. The van der Waals surface area contributed by atoms with Gasteiger partial charge in [-0.2, -0.15) is 0 Å². The maximum atomic E-state index is 5.71. The Morgan fingerprint density at radius 3 is 3.00 bits per heavy atom. The maximum Gasteiger partial charge on any atom is 0.120 e. The summed E-state index contributed by atoms with van der Waals surface area (Å²) in [6, 6.07) is 5.60. The second-order valence-electron chi connectivity index (χ2n) is 4.00. The first-order chi connectivity index (χ1) is 9.20. The number of benzene rings is 1. The van der Waals surface area contributed by atoms with E-state index in [0.29, 0.717) is 4.99 Å². The van der Waals surface area contributed by atoms with Gasteiger partial charge in [0, 0.05) is 42.8 Å². The van der Waals surface area contributed by atoms with E-state index in [1.54, 1.807) is 19.6 Å². The summed E-state index contributed by atoms with van der Waals surface area (Å²) in [5, 5.41) is 3.31. The number of hydrogen-bond donors (Lipinski definition) is 2. The highest BCUT2D eigenvalue weighted by Crippen LogP contribution is 2.22. The molecule has 0 aliphatic carbocycles. The normalized spacial score (nSPS) is 10.2. The standard InChI is InChI=1S/C13H16N4OS/c1-18-10-2-3-11(13(14)19)12(8-10)16-5-7-17-6-4-15-9-17/h2-4,6,8-9,16H,5,7H2,1H3,(H2,14,19). The van der Waals surface area contributed by atoms with E-state index in [0.717, 1.165) is 30.1 Å². The first-order valence-electron chi connectivity index (χ1n) is 5.88. The van der Waals surface area contributed by atoms with Crippen LogP contribution in [0.1, 0.15) is 5.56 Å². The van der Waals surface area contributed by atoms with Gasteiger partial charge in [-0.3, -0.25) is 0 Å². The van der Waals surface area contributed by atoms with Crippen molar-refractivity contribution in [2.24, 2.45) is 5.73 Å². The van der Waals surface area contributed by atoms with Gasteiger partial charge in [0.25, 0.3) is 0 Å². The largest absolute Gasteiger partial charge is 0.497 e. The van der Waals surface area contributed by atoms with Gasteiger partial charge in [-0.05, 0) is 12.1 Å². The minimum Gasteiger partial charge on any atom is -0.497 e. The molecule has 0 radical (unpaired) electrons. The second-order valence-corrected chi connectivity index (χ2v) is 4.44. The minimum atomic E-state index is 0.368. The molecule has 0 aliphatic heterocycles. The fourth-order valence-electron chi connectivity index (χ4n) is 1.75. The zero-order valence-electron chi connectivity index (χ0n) is 10.7. The number of thiocarbonyl (C=S) groups is 1. The van der Waals surface area contributed by atoms with Crippen LogP contribution in [0.5, 0.6) is 5.75 Å². The summed E-state index contributed by atoms with van der Waals surface area (Å²) in [4.78, 5) is 4.36. The van der Waals surface area contributed by atoms with Crippen molar-refractivity contribution in [1.82, 2.24) is 9.55 Å². The maximum absolute atomic E-state index is 5.71. The van der Waals surface area contributed by atoms with Crippen molar-refractivity contribution in [3.63, 3.8) is 0 Å². The molecule has 0 atom stereocenters. The van der Waals surface area contributed by atoms with Gasteiger partial charge in [0.2, 0.25) is 0 Å². The Hall–Kier alpha value is -2.08. The van der Waals surface area contributed by atoms with Crippen LogP contribution in [0.4, 0.5) is 5.69 Å². The summed E-state index contributed by atoms with van der Waals surface area (Å²) in [6.45, 7) is 1.56. The lowest BCUT2D eigenvalue weighted by Crippen LogP contribution is -2.15. The number of aromatic nitrogens is 2. The van der Waals surface area contributed by atoms with E-state index in [1.165, 1.54) is 0 Å². The van der Waals surface area contributed by atoms with Crippen LogP contribution >= 0.6 is 12.2 Å². The molecule has 19 heavy (non-hydrogen) atoms. The smallest absolute Gasteiger partial charge is 0.120 e. The predicted molar refractivity (Wildman–Crippen MR) is 79.6 cm³/mol. The zero-order chi connectivity index (χ0) is 13.7. The van der Waals surface area contributed by atoms with E-state index in [9.17, 15) is 0 Å². The summed E-state index contributed by atoms with van der Waals surface area (Å²) in [7, 11) is 1.63. The molecular weight excluding hydrogens is 260 g/mol. The van der Waals surface area contributed by atoms with Gasteiger partial charge in [0.1, 0.15) is 10.7 Å². The van der Waals surface area contributed by atoms with Gasteiger partial charge in [0.05, 0.1) is 13.4 Å². The average molecular weight is 276 g/mol. The molecule has 3 N–H and O–H groups in total. The van der Waals surface area contributed by atoms with Gasteiger partial charge >= 0.3 is 0 Å². The molecule has 1 aromatic carbocycles.